The van der Waals surface area contributed by atoms with E-state index in [1.165, 1.54) is 12.1 Å². The molecule has 23 heavy (non-hydrogen) atoms. The third kappa shape index (κ3) is 3.54. The van der Waals surface area contributed by atoms with Crippen molar-refractivity contribution in [2.45, 2.75) is 26.3 Å². The van der Waals surface area contributed by atoms with E-state index in [2.05, 4.69) is 10.3 Å². The quantitative estimate of drug-likeness (QED) is 0.719. The summed E-state index contributed by atoms with van der Waals surface area (Å²) in [6.07, 6.45) is 0.510. The summed E-state index contributed by atoms with van der Waals surface area (Å²) < 4.78 is 5.11. The summed E-state index contributed by atoms with van der Waals surface area (Å²) in [4.78, 5) is 16.6. The molecule has 124 valence electrons. The summed E-state index contributed by atoms with van der Waals surface area (Å²) in [5.74, 6) is -0.597. The molecule has 1 atom stereocenters. The predicted molar refractivity (Wildman–Crippen MR) is 89.6 cm³/mol. The van der Waals surface area contributed by atoms with E-state index in [9.17, 15) is 9.90 Å². The van der Waals surface area contributed by atoms with Crippen molar-refractivity contribution >= 4 is 35.1 Å². The number of halogens is 2. The topological polar surface area (TPSA) is 96.9 Å². The Morgan fingerprint density at radius 2 is 2.13 bits per heavy atom. The van der Waals surface area contributed by atoms with Crippen LogP contribution >= 0.6 is 23.2 Å². The average molecular weight is 358 g/mol. The van der Waals surface area contributed by atoms with Gasteiger partial charge in [-0.25, -0.2) is 9.79 Å². The lowest BCUT2D eigenvalue weighted by Gasteiger charge is -2.26. The number of benzene rings is 1. The van der Waals surface area contributed by atoms with Crippen molar-refractivity contribution in [1.82, 2.24) is 5.32 Å². The minimum atomic E-state index is -0.846. The summed E-state index contributed by atoms with van der Waals surface area (Å²) in [5.41, 5.74) is 6.94. The zero-order valence-corrected chi connectivity index (χ0v) is 14.2. The summed E-state index contributed by atoms with van der Waals surface area (Å²) in [7, 11) is 0. The van der Waals surface area contributed by atoms with Crippen molar-refractivity contribution in [3.8, 4) is 5.75 Å². The first-order chi connectivity index (χ1) is 10.9. The van der Waals surface area contributed by atoms with Gasteiger partial charge in [0.2, 0.25) is 0 Å². The van der Waals surface area contributed by atoms with E-state index < -0.39 is 12.0 Å². The van der Waals surface area contributed by atoms with E-state index >= 15 is 0 Å². The highest BCUT2D eigenvalue weighted by Crippen LogP contribution is 2.41. The van der Waals surface area contributed by atoms with Gasteiger partial charge in [-0.3, -0.25) is 0 Å². The molecule has 8 heteroatoms. The molecule has 1 aromatic rings. The number of carbonyl (C=O) groups is 1. The van der Waals surface area contributed by atoms with Crippen LogP contribution in [0.1, 0.15) is 31.9 Å². The Hall–Kier alpha value is -1.92. The molecule has 0 amide bonds. The second-order valence-electron chi connectivity index (χ2n) is 4.83. The summed E-state index contributed by atoms with van der Waals surface area (Å²) in [6.45, 7) is 3.79. The molecule has 4 N–H and O–H groups in total. The number of esters is 1. The first kappa shape index (κ1) is 17.4. The number of ether oxygens (including phenoxy) is 1. The van der Waals surface area contributed by atoms with E-state index in [0.717, 1.165) is 0 Å². The molecular formula is C15H17Cl2N3O3. The van der Waals surface area contributed by atoms with Gasteiger partial charge in [0.1, 0.15) is 11.8 Å². The van der Waals surface area contributed by atoms with Crippen LogP contribution in [0.25, 0.3) is 0 Å². The second-order valence-corrected chi connectivity index (χ2v) is 5.68. The lowest BCUT2D eigenvalue weighted by atomic mass is 9.94. The highest BCUT2D eigenvalue weighted by atomic mass is 35.5. The highest BCUT2D eigenvalue weighted by Gasteiger charge is 2.33. The number of phenolic OH excluding ortho intramolecular Hbond substituents is 1. The first-order valence-electron chi connectivity index (χ1n) is 7.07. The summed E-state index contributed by atoms with van der Waals surface area (Å²) >= 11 is 12.0. The molecule has 1 aliphatic rings. The van der Waals surface area contributed by atoms with E-state index in [1.54, 1.807) is 6.92 Å². The SMILES string of the molecule is CCOC(=O)C1=C(CC)NC(N)=NC1c1cc(Cl)cc(Cl)c1O. The number of guanidine groups is 1. The molecule has 1 heterocycles. The number of nitrogens with zero attached hydrogens (tertiary/aromatic N) is 1. The number of aromatic hydroxyl groups is 1. The number of hydrogen-bond acceptors (Lipinski definition) is 6. The highest BCUT2D eigenvalue weighted by molar-refractivity contribution is 6.35. The molecule has 1 aliphatic heterocycles. The minimum absolute atomic E-state index is 0.0704. The van der Waals surface area contributed by atoms with Gasteiger partial charge in [0.25, 0.3) is 0 Å². The van der Waals surface area contributed by atoms with Gasteiger partial charge < -0.3 is 20.9 Å². The zero-order valence-electron chi connectivity index (χ0n) is 12.7. The standard InChI is InChI=1S/C15H17Cl2N3O3/c1-3-10-11(14(22)23-4-2)12(20-15(18)19-10)8-5-7(16)6-9(17)13(8)21/h5-6,12,21H,3-4H2,1-2H3,(H3,18,19,20). The Balaban J connectivity index is 2.63. The van der Waals surface area contributed by atoms with E-state index in [4.69, 9.17) is 33.7 Å². The Morgan fingerprint density at radius 3 is 2.74 bits per heavy atom. The molecule has 0 saturated heterocycles. The molecule has 0 spiro atoms. The number of nitrogens with one attached hydrogen (secondary N) is 1. The number of carbonyl (C=O) groups excluding carboxylic acids is 1. The van der Waals surface area contributed by atoms with Gasteiger partial charge in [0.05, 0.1) is 17.2 Å². The molecule has 0 fully saturated rings. The monoisotopic (exact) mass is 357 g/mol. The Kier molecular flexibility index (Phi) is 5.38. The number of nitrogens with two attached hydrogens (primary N) is 1. The second kappa shape index (κ2) is 7.10. The lowest BCUT2D eigenvalue weighted by Crippen LogP contribution is -2.38. The van der Waals surface area contributed by atoms with Crippen molar-refractivity contribution in [2.75, 3.05) is 6.61 Å². The van der Waals surface area contributed by atoms with Crippen LogP contribution in [0.15, 0.2) is 28.4 Å². The molecule has 1 aromatic carbocycles. The maximum atomic E-state index is 12.4. The molecule has 0 bridgehead atoms. The van der Waals surface area contributed by atoms with Crippen LogP contribution in [0.5, 0.6) is 5.75 Å². The molecular weight excluding hydrogens is 341 g/mol. The van der Waals surface area contributed by atoms with Gasteiger partial charge in [0.15, 0.2) is 5.96 Å². The van der Waals surface area contributed by atoms with Crippen LogP contribution < -0.4 is 11.1 Å². The zero-order chi connectivity index (χ0) is 17.1. The fourth-order valence-corrected chi connectivity index (χ4v) is 2.87. The number of allylic oxidation sites excluding steroid dienone is 1. The molecule has 0 saturated carbocycles. The van der Waals surface area contributed by atoms with Crippen molar-refractivity contribution < 1.29 is 14.6 Å². The van der Waals surface area contributed by atoms with Crippen LogP contribution in [-0.2, 0) is 9.53 Å². The van der Waals surface area contributed by atoms with Crippen LogP contribution in [0.4, 0.5) is 0 Å². The Morgan fingerprint density at radius 1 is 1.43 bits per heavy atom. The molecule has 1 unspecified atom stereocenters. The maximum absolute atomic E-state index is 12.4. The average Bonchev–Trinajstić information content (AvgIpc) is 2.50. The minimum Gasteiger partial charge on any atom is -0.506 e. The van der Waals surface area contributed by atoms with Gasteiger partial charge in [-0.1, -0.05) is 30.1 Å². The van der Waals surface area contributed by atoms with Crippen LogP contribution in [0, 0.1) is 0 Å². The molecule has 0 aromatic heterocycles. The summed E-state index contributed by atoms with van der Waals surface area (Å²) in [6, 6.07) is 2.06. The number of aliphatic imine (C=N–C) groups is 1. The molecule has 2 rings (SSSR count). The van der Waals surface area contributed by atoms with E-state index in [-0.39, 0.29) is 28.9 Å². The summed E-state index contributed by atoms with van der Waals surface area (Å²) in [5, 5.41) is 13.5. The fraction of sp³-hybridized carbons (Fsp3) is 0.333. The molecule has 0 radical (unpaired) electrons. The van der Waals surface area contributed by atoms with Gasteiger partial charge in [-0.05, 0) is 25.5 Å². The normalized spacial score (nSPS) is 17.6. The van der Waals surface area contributed by atoms with Gasteiger partial charge in [0, 0.05) is 16.3 Å². The van der Waals surface area contributed by atoms with Crippen LogP contribution in [0.2, 0.25) is 10.0 Å². The smallest absolute Gasteiger partial charge is 0.338 e. The van der Waals surface area contributed by atoms with Crippen LogP contribution in [0.3, 0.4) is 0 Å². The number of hydrogen-bond donors (Lipinski definition) is 3. The van der Waals surface area contributed by atoms with Crippen LogP contribution in [-0.4, -0.2) is 23.6 Å². The predicted octanol–water partition coefficient (Wildman–Crippen LogP) is 2.89. The van der Waals surface area contributed by atoms with Crippen molar-refractivity contribution in [3.05, 3.63) is 39.0 Å². The van der Waals surface area contributed by atoms with Crippen molar-refractivity contribution in [2.24, 2.45) is 10.7 Å². The molecule has 6 nitrogen and oxygen atoms in total. The number of rotatable bonds is 4. The lowest BCUT2D eigenvalue weighted by molar-refractivity contribution is -0.139. The fourth-order valence-electron chi connectivity index (χ4n) is 2.36. The van der Waals surface area contributed by atoms with E-state index in [0.29, 0.717) is 22.7 Å². The van der Waals surface area contributed by atoms with E-state index in [1.807, 2.05) is 6.92 Å². The Labute approximate surface area is 143 Å². The largest absolute Gasteiger partial charge is 0.506 e. The van der Waals surface area contributed by atoms with Gasteiger partial charge in [-0.15, -0.1) is 0 Å². The molecule has 0 aliphatic carbocycles. The van der Waals surface area contributed by atoms with Gasteiger partial charge in [-0.2, -0.15) is 0 Å². The van der Waals surface area contributed by atoms with Crippen molar-refractivity contribution in [1.29, 1.82) is 0 Å². The maximum Gasteiger partial charge on any atom is 0.338 e. The van der Waals surface area contributed by atoms with Gasteiger partial charge >= 0.3 is 5.97 Å². The Bertz CT molecular complexity index is 701. The third-order valence-corrected chi connectivity index (χ3v) is 3.85. The van der Waals surface area contributed by atoms with Crippen molar-refractivity contribution in [3.63, 3.8) is 0 Å². The third-order valence-electron chi connectivity index (χ3n) is 3.35. The first-order valence-corrected chi connectivity index (χ1v) is 7.82. The number of phenols is 1.